The van der Waals surface area contributed by atoms with Gasteiger partial charge in [0, 0.05) is 12.6 Å². The first-order chi connectivity index (χ1) is 10.6. The monoisotopic (exact) mass is 312 g/mol. The Kier molecular flexibility index (Phi) is 6.12. The lowest BCUT2D eigenvalue weighted by molar-refractivity contribution is 0.202. The van der Waals surface area contributed by atoms with Crippen LogP contribution in [0.5, 0.6) is 0 Å². The van der Waals surface area contributed by atoms with E-state index >= 15 is 0 Å². The second-order valence-corrected chi connectivity index (χ2v) is 5.72. The van der Waals surface area contributed by atoms with Crippen LogP contribution in [-0.4, -0.2) is 23.8 Å². The molecule has 1 aromatic rings. The topological polar surface area (TPSA) is 61.4 Å². The molecular formula is C16H22F2N2O2. The van der Waals surface area contributed by atoms with Gasteiger partial charge < -0.3 is 15.7 Å². The van der Waals surface area contributed by atoms with Crippen LogP contribution in [-0.2, 0) is 0 Å². The molecule has 1 aliphatic carbocycles. The lowest BCUT2D eigenvalue weighted by Gasteiger charge is -2.30. The molecule has 1 atom stereocenters. The minimum atomic E-state index is -1.07. The number of hydrogen-bond donors (Lipinski definition) is 3. The van der Waals surface area contributed by atoms with Crippen LogP contribution in [0.15, 0.2) is 18.2 Å². The van der Waals surface area contributed by atoms with Gasteiger partial charge in [0.1, 0.15) is 0 Å². The van der Waals surface area contributed by atoms with Crippen molar-refractivity contribution in [2.45, 2.75) is 44.6 Å². The highest BCUT2D eigenvalue weighted by atomic mass is 19.2. The molecule has 122 valence electrons. The molecule has 1 fully saturated rings. The van der Waals surface area contributed by atoms with Crippen LogP contribution in [0.4, 0.5) is 19.3 Å². The Labute approximate surface area is 128 Å². The predicted octanol–water partition coefficient (Wildman–Crippen LogP) is 3.42. The van der Waals surface area contributed by atoms with Gasteiger partial charge in [0.25, 0.3) is 0 Å². The highest BCUT2D eigenvalue weighted by Gasteiger charge is 2.25. The fourth-order valence-electron chi connectivity index (χ4n) is 3.03. The number of benzene rings is 1. The molecule has 1 aromatic carbocycles. The third kappa shape index (κ3) is 4.40. The number of anilines is 1. The summed E-state index contributed by atoms with van der Waals surface area (Å²) in [7, 11) is 0. The normalized spacial score (nSPS) is 17.0. The van der Waals surface area contributed by atoms with Gasteiger partial charge in [-0.2, -0.15) is 0 Å². The van der Waals surface area contributed by atoms with Crippen molar-refractivity contribution in [3.63, 3.8) is 0 Å². The van der Waals surface area contributed by atoms with E-state index in [-0.39, 0.29) is 18.3 Å². The molecule has 0 heterocycles. The lowest BCUT2D eigenvalue weighted by Crippen LogP contribution is -2.43. The van der Waals surface area contributed by atoms with Crippen LogP contribution in [0, 0.1) is 17.6 Å². The molecule has 1 saturated carbocycles. The Morgan fingerprint density at radius 3 is 2.68 bits per heavy atom. The van der Waals surface area contributed by atoms with E-state index in [0.29, 0.717) is 12.3 Å². The molecule has 1 unspecified atom stereocenters. The van der Waals surface area contributed by atoms with E-state index in [9.17, 15) is 13.6 Å². The highest BCUT2D eigenvalue weighted by Crippen LogP contribution is 2.27. The Morgan fingerprint density at radius 2 is 2.00 bits per heavy atom. The third-order valence-electron chi connectivity index (χ3n) is 4.18. The van der Waals surface area contributed by atoms with E-state index in [2.05, 4.69) is 10.6 Å². The van der Waals surface area contributed by atoms with Crippen molar-refractivity contribution in [2.75, 3.05) is 11.9 Å². The van der Waals surface area contributed by atoms with Crippen molar-refractivity contribution in [1.82, 2.24) is 5.32 Å². The summed E-state index contributed by atoms with van der Waals surface area (Å²) < 4.78 is 26.7. The lowest BCUT2D eigenvalue weighted by atomic mass is 9.83. The van der Waals surface area contributed by atoms with Crippen molar-refractivity contribution >= 4 is 11.7 Å². The first-order valence-electron chi connectivity index (χ1n) is 7.74. The molecule has 4 nitrogen and oxygen atoms in total. The van der Waals surface area contributed by atoms with E-state index in [1.807, 2.05) is 0 Å². The van der Waals surface area contributed by atoms with Gasteiger partial charge in [-0.05, 0) is 37.3 Å². The van der Waals surface area contributed by atoms with Gasteiger partial charge in [0.2, 0.25) is 0 Å². The highest BCUT2D eigenvalue weighted by molar-refractivity contribution is 5.89. The number of halogens is 2. The predicted molar refractivity (Wildman–Crippen MR) is 80.6 cm³/mol. The summed E-state index contributed by atoms with van der Waals surface area (Å²) in [5.41, 5.74) is -0.191. The van der Waals surface area contributed by atoms with Crippen molar-refractivity contribution < 1.29 is 18.7 Å². The zero-order valence-corrected chi connectivity index (χ0v) is 12.4. The molecule has 0 aliphatic heterocycles. The van der Waals surface area contributed by atoms with Crippen LogP contribution in [0.3, 0.4) is 0 Å². The third-order valence-corrected chi connectivity index (χ3v) is 4.18. The molecule has 2 rings (SSSR count). The molecule has 0 spiro atoms. The fourth-order valence-corrected chi connectivity index (χ4v) is 3.03. The average molecular weight is 312 g/mol. The minimum Gasteiger partial charge on any atom is -0.396 e. The van der Waals surface area contributed by atoms with E-state index in [1.165, 1.54) is 18.6 Å². The maximum atomic E-state index is 13.5. The number of rotatable bonds is 5. The molecule has 0 radical (unpaired) electrons. The second-order valence-electron chi connectivity index (χ2n) is 5.72. The van der Waals surface area contributed by atoms with E-state index in [0.717, 1.165) is 31.7 Å². The Morgan fingerprint density at radius 1 is 1.27 bits per heavy atom. The average Bonchev–Trinajstić information content (AvgIpc) is 2.52. The van der Waals surface area contributed by atoms with Gasteiger partial charge >= 0.3 is 6.03 Å². The maximum Gasteiger partial charge on any atom is 0.319 e. The van der Waals surface area contributed by atoms with Gasteiger partial charge in [0.05, 0.1) is 5.69 Å². The number of hydrogen-bond acceptors (Lipinski definition) is 2. The van der Waals surface area contributed by atoms with Crippen LogP contribution in [0.1, 0.15) is 38.5 Å². The molecule has 22 heavy (non-hydrogen) atoms. The molecule has 0 saturated heterocycles. The molecule has 1 aliphatic rings. The van der Waals surface area contributed by atoms with Gasteiger partial charge in [-0.15, -0.1) is 0 Å². The molecule has 0 bridgehead atoms. The zero-order chi connectivity index (χ0) is 15.9. The number of nitrogens with one attached hydrogen (secondary N) is 2. The SMILES string of the molecule is O=C(Nc1cccc(F)c1F)NC(CCO)C1CCCCC1. The number of carbonyl (C=O) groups is 1. The van der Waals surface area contributed by atoms with E-state index in [4.69, 9.17) is 5.11 Å². The number of amides is 2. The summed E-state index contributed by atoms with van der Waals surface area (Å²) in [5.74, 6) is -1.75. The zero-order valence-electron chi connectivity index (χ0n) is 12.4. The van der Waals surface area contributed by atoms with Crippen LogP contribution >= 0.6 is 0 Å². The molecule has 0 aromatic heterocycles. The Balaban J connectivity index is 1.96. The summed E-state index contributed by atoms with van der Waals surface area (Å²) in [4.78, 5) is 12.0. The van der Waals surface area contributed by atoms with E-state index in [1.54, 1.807) is 0 Å². The summed E-state index contributed by atoms with van der Waals surface area (Å²) in [6.07, 6.45) is 5.92. The van der Waals surface area contributed by atoms with Crippen LogP contribution in [0.25, 0.3) is 0 Å². The van der Waals surface area contributed by atoms with Crippen LogP contribution < -0.4 is 10.6 Å². The number of aliphatic hydroxyl groups excluding tert-OH is 1. The summed E-state index contributed by atoms with van der Waals surface area (Å²) >= 11 is 0. The first-order valence-corrected chi connectivity index (χ1v) is 7.74. The van der Waals surface area contributed by atoms with Gasteiger partial charge in [-0.3, -0.25) is 0 Å². The van der Waals surface area contributed by atoms with E-state index < -0.39 is 17.7 Å². The van der Waals surface area contributed by atoms with Crippen LogP contribution in [0.2, 0.25) is 0 Å². The Hall–Kier alpha value is -1.69. The van der Waals surface area contributed by atoms with Crippen molar-refractivity contribution in [3.05, 3.63) is 29.8 Å². The number of aliphatic hydroxyl groups is 1. The largest absolute Gasteiger partial charge is 0.396 e. The Bertz CT molecular complexity index is 505. The summed E-state index contributed by atoms with van der Waals surface area (Å²) in [6.45, 7) is -0.0181. The minimum absolute atomic E-state index is 0.0181. The smallest absolute Gasteiger partial charge is 0.319 e. The maximum absolute atomic E-state index is 13.5. The number of urea groups is 1. The first kappa shape index (κ1) is 16.7. The van der Waals surface area contributed by atoms with Crippen molar-refractivity contribution in [3.8, 4) is 0 Å². The molecule has 2 amide bonds. The molecule has 6 heteroatoms. The summed E-state index contributed by atoms with van der Waals surface area (Å²) in [5, 5.41) is 14.3. The standard InChI is InChI=1S/C16H22F2N2O2/c17-12-7-4-8-14(15(12)18)20-16(22)19-13(9-10-21)11-5-2-1-3-6-11/h4,7-8,11,13,21H,1-3,5-6,9-10H2,(H2,19,20,22). The second kappa shape index (κ2) is 8.08. The summed E-state index contributed by atoms with van der Waals surface area (Å²) in [6, 6.07) is 2.91. The van der Waals surface area contributed by atoms with Crippen molar-refractivity contribution in [1.29, 1.82) is 0 Å². The quantitative estimate of drug-likeness (QED) is 0.780. The van der Waals surface area contributed by atoms with Gasteiger partial charge in [-0.1, -0.05) is 25.3 Å². The molecule has 3 N–H and O–H groups in total. The van der Waals surface area contributed by atoms with Gasteiger partial charge in [-0.25, -0.2) is 13.6 Å². The number of carbonyl (C=O) groups excluding carboxylic acids is 1. The molecular weight excluding hydrogens is 290 g/mol. The fraction of sp³-hybridized carbons (Fsp3) is 0.562. The van der Waals surface area contributed by atoms with Gasteiger partial charge in [0.15, 0.2) is 11.6 Å². The van der Waals surface area contributed by atoms with Crippen molar-refractivity contribution in [2.24, 2.45) is 5.92 Å².